The van der Waals surface area contributed by atoms with Crippen LogP contribution < -0.4 is 0 Å². The second kappa shape index (κ2) is 12.6. The van der Waals surface area contributed by atoms with Gasteiger partial charge < -0.3 is 33.3 Å². The lowest BCUT2D eigenvalue weighted by molar-refractivity contribution is -0.197. The van der Waals surface area contributed by atoms with Gasteiger partial charge >= 0.3 is 0 Å². The van der Waals surface area contributed by atoms with Gasteiger partial charge in [-0.15, -0.1) is 0 Å². The quantitative estimate of drug-likeness (QED) is 0.352. The zero-order chi connectivity index (χ0) is 24.7. The van der Waals surface area contributed by atoms with Crippen LogP contribution in [0.1, 0.15) is 71.0 Å². The Morgan fingerprint density at radius 2 is 1.89 bits per heavy atom. The molecule has 0 aromatic carbocycles. The van der Waals surface area contributed by atoms with E-state index in [0.717, 1.165) is 50.6 Å². The maximum absolute atomic E-state index is 11.4. The highest BCUT2D eigenvalue weighted by Crippen LogP contribution is 2.40. The molecule has 196 valence electrons. The lowest BCUT2D eigenvalue weighted by atomic mass is 9.80. The normalized spacial score (nSPS) is 33.2. The largest absolute Gasteiger partial charge is 0.469 e. The Balaban J connectivity index is 1.53. The minimum Gasteiger partial charge on any atom is -0.469 e. The Kier molecular flexibility index (Phi) is 9.59. The summed E-state index contributed by atoms with van der Waals surface area (Å²) in [5, 5.41) is 10.8. The molecule has 0 spiro atoms. The highest BCUT2D eigenvalue weighted by Gasteiger charge is 2.43. The zero-order valence-electron chi connectivity index (χ0n) is 21.2. The monoisotopic (exact) mass is 490 g/mol. The number of aldehydes is 1. The van der Waals surface area contributed by atoms with Crippen molar-refractivity contribution < 1.29 is 33.3 Å². The van der Waals surface area contributed by atoms with E-state index >= 15 is 0 Å². The first-order valence-corrected chi connectivity index (χ1v) is 13.3. The zero-order valence-corrected chi connectivity index (χ0v) is 21.2. The second-order valence-electron chi connectivity index (χ2n) is 10.9. The molecule has 1 saturated carbocycles. The van der Waals surface area contributed by atoms with Crippen molar-refractivity contribution in [3.63, 3.8) is 0 Å². The summed E-state index contributed by atoms with van der Waals surface area (Å²) in [6.07, 6.45) is 12.8. The molecule has 1 aromatic rings. The van der Waals surface area contributed by atoms with Crippen molar-refractivity contribution >= 4 is 6.29 Å². The first-order valence-electron chi connectivity index (χ1n) is 13.3. The summed E-state index contributed by atoms with van der Waals surface area (Å²) in [4.78, 5) is 11.4. The first-order chi connectivity index (χ1) is 17.0. The fourth-order valence-electron chi connectivity index (χ4n) is 5.62. The predicted octanol–water partition coefficient (Wildman–Crippen LogP) is 4.81. The number of hydrogen-bond acceptors (Lipinski definition) is 7. The molecule has 0 amide bonds. The van der Waals surface area contributed by atoms with Gasteiger partial charge in [-0.3, -0.25) is 0 Å². The minimum absolute atomic E-state index is 0.0986. The number of aliphatic hydroxyl groups is 1. The molecule has 4 rings (SSSR count). The predicted molar refractivity (Wildman–Crippen MR) is 131 cm³/mol. The van der Waals surface area contributed by atoms with Gasteiger partial charge in [0.2, 0.25) is 0 Å². The SMILES string of the molecule is CC(C)(Cc1ccco1)C(C=CC1C(OC2CCCCO2)CC(O)C1CC=O)OC1CCCCO1. The van der Waals surface area contributed by atoms with Gasteiger partial charge in [0.05, 0.1) is 24.6 Å². The Bertz CT molecular complexity index is 777. The lowest BCUT2D eigenvalue weighted by Gasteiger charge is -2.36. The van der Waals surface area contributed by atoms with E-state index in [4.69, 9.17) is 23.4 Å². The van der Waals surface area contributed by atoms with Gasteiger partial charge in [-0.05, 0) is 50.7 Å². The summed E-state index contributed by atoms with van der Waals surface area (Å²) in [6, 6.07) is 3.89. The standard InChI is InChI=1S/C28H42O7/c1-28(2,19-20-8-7-17-31-20)25(35-27-10-4-6-16-33-27)12-11-22-21(13-14-29)23(30)18-24(22)34-26-9-3-5-15-32-26/h7-8,11-12,14,17,21-27,30H,3-6,9-10,13,15-16,18-19H2,1-2H3. The summed E-state index contributed by atoms with van der Waals surface area (Å²) >= 11 is 0. The van der Waals surface area contributed by atoms with Crippen molar-refractivity contribution in [2.75, 3.05) is 13.2 Å². The smallest absolute Gasteiger partial charge is 0.158 e. The van der Waals surface area contributed by atoms with Crippen molar-refractivity contribution in [1.82, 2.24) is 0 Å². The van der Waals surface area contributed by atoms with E-state index in [-0.39, 0.29) is 42.0 Å². The van der Waals surface area contributed by atoms with E-state index in [1.807, 2.05) is 12.1 Å². The van der Waals surface area contributed by atoms with Gasteiger partial charge in [0, 0.05) is 49.7 Å². The fourth-order valence-corrected chi connectivity index (χ4v) is 5.62. The molecule has 7 unspecified atom stereocenters. The summed E-state index contributed by atoms with van der Waals surface area (Å²) < 4.78 is 30.2. The average Bonchev–Trinajstić information content (AvgIpc) is 3.45. The van der Waals surface area contributed by atoms with Crippen LogP contribution in [0.25, 0.3) is 0 Å². The molecule has 35 heavy (non-hydrogen) atoms. The summed E-state index contributed by atoms with van der Waals surface area (Å²) in [6.45, 7) is 5.76. The molecule has 1 aliphatic carbocycles. The van der Waals surface area contributed by atoms with E-state index in [1.54, 1.807) is 6.26 Å². The molecular weight excluding hydrogens is 448 g/mol. The van der Waals surface area contributed by atoms with Gasteiger partial charge in [-0.25, -0.2) is 0 Å². The van der Waals surface area contributed by atoms with Crippen LogP contribution in [0.4, 0.5) is 0 Å². The number of ether oxygens (including phenoxy) is 4. The van der Waals surface area contributed by atoms with Crippen LogP contribution in [0.2, 0.25) is 0 Å². The van der Waals surface area contributed by atoms with Crippen LogP contribution in [-0.2, 0) is 30.2 Å². The van der Waals surface area contributed by atoms with Crippen LogP contribution >= 0.6 is 0 Å². The Hall–Kier alpha value is -1.51. The van der Waals surface area contributed by atoms with Crippen LogP contribution in [0.5, 0.6) is 0 Å². The molecule has 1 aromatic heterocycles. The lowest BCUT2D eigenvalue weighted by Crippen LogP contribution is -2.38. The van der Waals surface area contributed by atoms with Crippen molar-refractivity contribution in [1.29, 1.82) is 0 Å². The van der Waals surface area contributed by atoms with Crippen molar-refractivity contribution in [3.8, 4) is 0 Å². The van der Waals surface area contributed by atoms with Gasteiger partial charge in [0.25, 0.3) is 0 Å². The molecule has 3 aliphatic rings. The number of hydrogen-bond donors (Lipinski definition) is 1. The van der Waals surface area contributed by atoms with Gasteiger partial charge in [0.15, 0.2) is 12.6 Å². The van der Waals surface area contributed by atoms with Gasteiger partial charge in [0.1, 0.15) is 12.0 Å². The van der Waals surface area contributed by atoms with Gasteiger partial charge in [-0.1, -0.05) is 26.0 Å². The Labute approximate surface area is 209 Å². The topological polar surface area (TPSA) is 87.4 Å². The van der Waals surface area contributed by atoms with E-state index in [9.17, 15) is 9.90 Å². The molecule has 2 saturated heterocycles. The molecule has 7 heteroatoms. The highest BCUT2D eigenvalue weighted by molar-refractivity contribution is 5.50. The third kappa shape index (κ3) is 7.26. The van der Waals surface area contributed by atoms with Gasteiger partial charge in [-0.2, -0.15) is 0 Å². The number of aliphatic hydroxyl groups excluding tert-OH is 1. The number of carbonyl (C=O) groups is 1. The fraction of sp³-hybridized carbons (Fsp3) is 0.750. The minimum atomic E-state index is -0.583. The molecule has 7 nitrogen and oxygen atoms in total. The van der Waals surface area contributed by atoms with E-state index < -0.39 is 6.10 Å². The Morgan fingerprint density at radius 3 is 2.51 bits per heavy atom. The third-order valence-electron chi connectivity index (χ3n) is 7.65. The van der Waals surface area contributed by atoms with Crippen molar-refractivity contribution in [2.24, 2.45) is 17.3 Å². The van der Waals surface area contributed by atoms with Crippen molar-refractivity contribution in [3.05, 3.63) is 36.3 Å². The van der Waals surface area contributed by atoms with Crippen LogP contribution in [0, 0.1) is 17.3 Å². The molecule has 3 fully saturated rings. The average molecular weight is 491 g/mol. The summed E-state index contributed by atoms with van der Waals surface area (Å²) in [5.41, 5.74) is -0.268. The van der Waals surface area contributed by atoms with E-state index in [0.29, 0.717) is 32.5 Å². The highest BCUT2D eigenvalue weighted by atomic mass is 16.7. The molecule has 3 heterocycles. The summed E-state index contributed by atoms with van der Waals surface area (Å²) in [7, 11) is 0. The second-order valence-corrected chi connectivity index (χ2v) is 10.9. The summed E-state index contributed by atoms with van der Waals surface area (Å²) in [5.74, 6) is 0.628. The maximum atomic E-state index is 11.4. The molecule has 1 N–H and O–H groups in total. The number of rotatable bonds is 11. The molecule has 0 radical (unpaired) electrons. The molecule has 0 bridgehead atoms. The molecule has 7 atom stereocenters. The van der Waals surface area contributed by atoms with Crippen LogP contribution in [0.15, 0.2) is 35.0 Å². The van der Waals surface area contributed by atoms with E-state index in [2.05, 4.69) is 26.0 Å². The number of carbonyl (C=O) groups excluding carboxylic acids is 1. The van der Waals surface area contributed by atoms with Crippen molar-refractivity contribution in [2.45, 2.75) is 103 Å². The maximum Gasteiger partial charge on any atom is 0.158 e. The van der Waals surface area contributed by atoms with Crippen LogP contribution in [0.3, 0.4) is 0 Å². The Morgan fingerprint density at radius 1 is 1.14 bits per heavy atom. The van der Waals surface area contributed by atoms with Crippen LogP contribution in [-0.4, -0.2) is 55.5 Å². The first kappa shape index (κ1) is 26.6. The van der Waals surface area contributed by atoms with E-state index in [1.165, 1.54) is 0 Å². The third-order valence-corrected chi connectivity index (χ3v) is 7.65. The number of furan rings is 1. The molecular formula is C28H42O7. The molecule has 2 aliphatic heterocycles.